The monoisotopic (exact) mass is 488 g/mol. The summed E-state index contributed by atoms with van der Waals surface area (Å²) < 4.78 is 31.3. The number of fused-ring (bicyclic) bond motifs is 4. The van der Waals surface area contributed by atoms with E-state index in [1.54, 1.807) is 18.3 Å². The number of aryl methyl sites for hydroxylation is 2. The maximum Gasteiger partial charge on any atom is 0.135 e. The summed E-state index contributed by atoms with van der Waals surface area (Å²) >= 11 is 0. The van der Waals surface area contributed by atoms with Crippen LogP contribution in [-0.4, -0.2) is 31.8 Å². The third kappa shape index (κ3) is 3.16. The normalized spacial score (nSPS) is 24.7. The first-order valence-corrected chi connectivity index (χ1v) is 12.6. The molecule has 8 heteroatoms. The summed E-state index contributed by atoms with van der Waals surface area (Å²) in [5.41, 5.74) is 9.42. The highest BCUT2D eigenvalue weighted by atomic mass is 19.1. The molecule has 1 fully saturated rings. The van der Waals surface area contributed by atoms with E-state index in [0.29, 0.717) is 5.70 Å². The van der Waals surface area contributed by atoms with E-state index in [-0.39, 0.29) is 22.8 Å². The topological polar surface area (TPSA) is 58.9 Å². The number of hydrazine groups is 1. The van der Waals surface area contributed by atoms with E-state index in [2.05, 4.69) is 37.2 Å². The molecule has 1 saturated carbocycles. The first-order chi connectivity index (χ1) is 17.3. The van der Waals surface area contributed by atoms with E-state index >= 15 is 0 Å². The van der Waals surface area contributed by atoms with Gasteiger partial charge in [-0.05, 0) is 67.9 Å². The Morgan fingerprint density at radius 1 is 1.17 bits per heavy atom. The van der Waals surface area contributed by atoms with Crippen molar-refractivity contribution in [3.8, 4) is 11.4 Å². The molecular formula is C28H30F2N6. The van der Waals surface area contributed by atoms with Crippen molar-refractivity contribution in [1.29, 1.82) is 0 Å². The van der Waals surface area contributed by atoms with Crippen molar-refractivity contribution in [2.75, 3.05) is 7.05 Å². The fourth-order valence-electron chi connectivity index (χ4n) is 6.49. The number of aromatic nitrogens is 4. The maximum absolute atomic E-state index is 14.7. The molecule has 3 aliphatic rings. The number of nitrogens with one attached hydrogen (secondary N) is 1. The number of halogens is 2. The van der Waals surface area contributed by atoms with Gasteiger partial charge in [-0.25, -0.2) is 13.8 Å². The van der Waals surface area contributed by atoms with Crippen molar-refractivity contribution in [2.24, 2.45) is 11.8 Å². The number of benzene rings is 1. The molecule has 6 rings (SSSR count). The van der Waals surface area contributed by atoms with Gasteiger partial charge in [0.2, 0.25) is 0 Å². The second-order valence-electron chi connectivity index (χ2n) is 10.2. The Morgan fingerprint density at radius 2 is 1.94 bits per heavy atom. The van der Waals surface area contributed by atoms with Gasteiger partial charge in [0, 0.05) is 31.2 Å². The lowest BCUT2D eigenvalue weighted by atomic mass is 9.75. The van der Waals surface area contributed by atoms with Crippen LogP contribution in [0.15, 0.2) is 54.0 Å². The lowest BCUT2D eigenvalue weighted by Crippen LogP contribution is -2.44. The van der Waals surface area contributed by atoms with Gasteiger partial charge >= 0.3 is 0 Å². The first-order valence-electron chi connectivity index (χ1n) is 12.6. The highest BCUT2D eigenvalue weighted by Gasteiger charge is 2.59. The van der Waals surface area contributed by atoms with E-state index in [4.69, 9.17) is 10.1 Å². The van der Waals surface area contributed by atoms with Gasteiger partial charge in [0.1, 0.15) is 23.0 Å². The molecule has 0 saturated heterocycles. The summed E-state index contributed by atoms with van der Waals surface area (Å²) in [6.07, 6.45) is 8.55. The van der Waals surface area contributed by atoms with Crippen LogP contribution in [0.3, 0.4) is 0 Å². The molecule has 2 bridgehead atoms. The summed E-state index contributed by atoms with van der Waals surface area (Å²) in [5.74, 6) is -0.585. The van der Waals surface area contributed by atoms with Gasteiger partial charge in [0.15, 0.2) is 0 Å². The molecule has 6 nitrogen and oxygen atoms in total. The zero-order chi connectivity index (χ0) is 25.2. The molecule has 3 heterocycles. The Morgan fingerprint density at radius 3 is 2.69 bits per heavy atom. The van der Waals surface area contributed by atoms with Gasteiger partial charge in [0.05, 0.1) is 28.6 Å². The van der Waals surface area contributed by atoms with Gasteiger partial charge in [-0.2, -0.15) is 5.10 Å². The molecule has 0 spiro atoms. The predicted molar refractivity (Wildman–Crippen MR) is 134 cm³/mol. The van der Waals surface area contributed by atoms with Crippen molar-refractivity contribution in [3.05, 3.63) is 82.6 Å². The average Bonchev–Trinajstić information content (AvgIpc) is 3.47. The minimum atomic E-state index is -0.568. The minimum Gasteiger partial charge on any atom is -0.301 e. The van der Waals surface area contributed by atoms with Crippen LogP contribution >= 0.6 is 0 Å². The van der Waals surface area contributed by atoms with Crippen LogP contribution in [0.1, 0.15) is 50.1 Å². The zero-order valence-corrected chi connectivity index (χ0v) is 21.0. The summed E-state index contributed by atoms with van der Waals surface area (Å²) in [5, 5.41) is 6.49. The molecule has 3 aromatic rings. The molecule has 2 aromatic heterocycles. The number of rotatable bonds is 5. The standard InChI is InChI=1S/C28H30F2N6/c1-5-11-36-16(2)12-22(33-36)23-14-31-15-25(32-23)28-10-9-18(17(28)3)19-13-24(35(4)34-27(19)28)26-20(29)7-6-8-21(26)30/h6-8,12-15,17-18,34H,5,9-11H2,1-4H3/t17?,18-,28+/m1/s1. The van der Waals surface area contributed by atoms with E-state index in [0.717, 1.165) is 59.9 Å². The quantitative estimate of drug-likeness (QED) is 0.523. The van der Waals surface area contributed by atoms with Crippen molar-refractivity contribution < 1.29 is 8.78 Å². The Bertz CT molecular complexity index is 1400. The predicted octanol–water partition coefficient (Wildman–Crippen LogP) is 5.38. The Balaban J connectivity index is 1.45. The van der Waals surface area contributed by atoms with Crippen molar-refractivity contribution in [3.63, 3.8) is 0 Å². The highest BCUT2D eigenvalue weighted by molar-refractivity contribution is 5.71. The van der Waals surface area contributed by atoms with Crippen molar-refractivity contribution >= 4 is 5.70 Å². The van der Waals surface area contributed by atoms with Crippen LogP contribution in [0.5, 0.6) is 0 Å². The van der Waals surface area contributed by atoms with Crippen LogP contribution in [0.4, 0.5) is 8.78 Å². The zero-order valence-electron chi connectivity index (χ0n) is 21.0. The first kappa shape index (κ1) is 22.9. The largest absolute Gasteiger partial charge is 0.301 e. The molecular weight excluding hydrogens is 458 g/mol. The fourth-order valence-corrected chi connectivity index (χ4v) is 6.49. The van der Waals surface area contributed by atoms with Gasteiger partial charge in [-0.15, -0.1) is 0 Å². The van der Waals surface area contributed by atoms with Gasteiger partial charge in [-0.1, -0.05) is 19.9 Å². The molecule has 0 radical (unpaired) electrons. The second kappa shape index (κ2) is 8.25. The average molecular weight is 489 g/mol. The molecule has 0 amide bonds. The SMILES string of the molecule is CCCn1nc(-c2cncc([C@@]34CC[C@@H](C5=C3NN(C)C(c3c(F)cccc3F)=C5)C4C)n2)cc1C. The molecule has 1 unspecified atom stereocenters. The summed E-state index contributed by atoms with van der Waals surface area (Å²) in [6, 6.07) is 6.05. The van der Waals surface area contributed by atoms with Gasteiger partial charge in [-0.3, -0.25) is 14.7 Å². The Kier molecular flexibility index (Phi) is 5.24. The maximum atomic E-state index is 14.7. The molecule has 1 aromatic carbocycles. The summed E-state index contributed by atoms with van der Waals surface area (Å²) in [7, 11) is 1.80. The third-order valence-corrected chi connectivity index (χ3v) is 8.29. The van der Waals surface area contributed by atoms with Crippen molar-refractivity contribution in [1.82, 2.24) is 30.2 Å². The molecule has 1 aliphatic heterocycles. The molecule has 36 heavy (non-hydrogen) atoms. The molecule has 186 valence electrons. The van der Waals surface area contributed by atoms with E-state index < -0.39 is 11.6 Å². The number of nitrogens with zero attached hydrogens (tertiary/aromatic N) is 5. The number of allylic oxidation sites excluding steroid dienone is 3. The Hall–Kier alpha value is -3.55. The number of hydrogen-bond donors (Lipinski definition) is 1. The smallest absolute Gasteiger partial charge is 0.135 e. The lowest BCUT2D eigenvalue weighted by molar-refractivity contribution is 0.304. The van der Waals surface area contributed by atoms with Crippen LogP contribution in [0, 0.1) is 30.4 Å². The lowest BCUT2D eigenvalue weighted by Gasteiger charge is -2.39. The highest BCUT2D eigenvalue weighted by Crippen LogP contribution is 2.62. The van der Waals surface area contributed by atoms with Crippen LogP contribution < -0.4 is 5.43 Å². The molecule has 2 aliphatic carbocycles. The molecule has 1 N–H and O–H groups in total. The summed E-state index contributed by atoms with van der Waals surface area (Å²) in [6.45, 7) is 7.32. The third-order valence-electron chi connectivity index (χ3n) is 8.29. The molecule has 3 atom stereocenters. The minimum absolute atomic E-state index is 0.0108. The Labute approximate surface area is 209 Å². The van der Waals surface area contributed by atoms with Crippen LogP contribution in [0.25, 0.3) is 17.1 Å². The second-order valence-corrected chi connectivity index (χ2v) is 10.2. The van der Waals surface area contributed by atoms with Gasteiger partial charge < -0.3 is 5.43 Å². The van der Waals surface area contributed by atoms with Crippen LogP contribution in [-0.2, 0) is 12.0 Å². The van der Waals surface area contributed by atoms with E-state index in [1.807, 2.05) is 17.0 Å². The van der Waals surface area contributed by atoms with Crippen molar-refractivity contribution in [2.45, 2.75) is 52.0 Å². The van der Waals surface area contributed by atoms with E-state index in [1.165, 1.54) is 18.2 Å². The summed E-state index contributed by atoms with van der Waals surface area (Å²) in [4.78, 5) is 9.70. The van der Waals surface area contributed by atoms with Gasteiger partial charge in [0.25, 0.3) is 0 Å². The van der Waals surface area contributed by atoms with E-state index in [9.17, 15) is 8.78 Å². The number of hydrogen-bond acceptors (Lipinski definition) is 5. The fraction of sp³-hybridized carbons (Fsp3) is 0.393. The van der Waals surface area contributed by atoms with Crippen LogP contribution in [0.2, 0.25) is 0 Å².